The Bertz CT molecular complexity index is 870. The van der Waals surface area contributed by atoms with E-state index in [2.05, 4.69) is 46.1 Å². The van der Waals surface area contributed by atoms with Gasteiger partial charge in [0.25, 0.3) is 0 Å². The van der Waals surface area contributed by atoms with Crippen molar-refractivity contribution in [3.63, 3.8) is 0 Å². The van der Waals surface area contributed by atoms with Crippen molar-refractivity contribution in [3.8, 4) is 0 Å². The van der Waals surface area contributed by atoms with Gasteiger partial charge in [-0.15, -0.1) is 6.58 Å². The molecule has 2 nitrogen and oxygen atoms in total. The van der Waals surface area contributed by atoms with Gasteiger partial charge < -0.3 is 9.84 Å². The van der Waals surface area contributed by atoms with E-state index < -0.39 is 23.4 Å². The van der Waals surface area contributed by atoms with Gasteiger partial charge in [-0.2, -0.15) is 0 Å². The van der Waals surface area contributed by atoms with Crippen molar-refractivity contribution in [3.05, 3.63) is 122 Å². The molecule has 0 bridgehead atoms. The summed E-state index contributed by atoms with van der Waals surface area (Å²) in [5.41, 5.74) is 0.0718. The highest BCUT2D eigenvalue weighted by Gasteiger charge is 2.20. The molecule has 0 heterocycles. The number of halogens is 3. The molecule has 1 N–H and O–H groups in total. The molecule has 0 saturated carbocycles. The topological polar surface area (TPSA) is 29.5 Å². The van der Waals surface area contributed by atoms with Crippen LogP contribution in [0.1, 0.15) is 33.6 Å². The van der Waals surface area contributed by atoms with Crippen molar-refractivity contribution in [2.24, 2.45) is 11.8 Å². The summed E-state index contributed by atoms with van der Waals surface area (Å²) < 4.78 is 47.9. The Hall–Kier alpha value is -3.21. The second-order valence-electron chi connectivity index (χ2n) is 7.46. The summed E-state index contributed by atoms with van der Waals surface area (Å²) in [6, 6.07) is 0. The highest BCUT2D eigenvalue weighted by Crippen LogP contribution is 2.33. The lowest BCUT2D eigenvalue weighted by Crippen LogP contribution is -2.06. The second kappa shape index (κ2) is 16.4. The monoisotopic (exact) mass is 462 g/mol. The summed E-state index contributed by atoms with van der Waals surface area (Å²) in [5, 5.41) is 9.03. The van der Waals surface area contributed by atoms with Gasteiger partial charge in [-0.25, -0.2) is 13.2 Å². The molecule has 0 amide bonds. The summed E-state index contributed by atoms with van der Waals surface area (Å²) >= 11 is 0. The largest absolute Gasteiger partial charge is 0.509 e. The smallest absolute Gasteiger partial charge is 0.166 e. The molecule has 2 atom stereocenters. The number of hydrogen-bond acceptors (Lipinski definition) is 2. The van der Waals surface area contributed by atoms with Crippen molar-refractivity contribution >= 4 is 0 Å². The van der Waals surface area contributed by atoms with Gasteiger partial charge in [0.05, 0.1) is 7.11 Å². The highest BCUT2D eigenvalue weighted by atomic mass is 19.2. The summed E-state index contributed by atoms with van der Waals surface area (Å²) in [7, 11) is 1.39. The van der Waals surface area contributed by atoms with Crippen LogP contribution in [-0.4, -0.2) is 12.2 Å². The Morgan fingerprint density at radius 1 is 0.879 bits per heavy atom. The van der Waals surface area contributed by atoms with Gasteiger partial charge in [0, 0.05) is 11.6 Å². The van der Waals surface area contributed by atoms with Gasteiger partial charge >= 0.3 is 0 Å². The summed E-state index contributed by atoms with van der Waals surface area (Å²) in [6.45, 7) is 30.0. The first-order valence-electron chi connectivity index (χ1n) is 10.3. The van der Waals surface area contributed by atoms with Crippen molar-refractivity contribution in [1.29, 1.82) is 0 Å². The lowest BCUT2D eigenvalue weighted by Gasteiger charge is -2.18. The zero-order valence-corrected chi connectivity index (χ0v) is 20.3. The lowest BCUT2D eigenvalue weighted by atomic mass is 9.88. The van der Waals surface area contributed by atoms with Gasteiger partial charge in [-0.3, -0.25) is 0 Å². The molecule has 0 aromatic carbocycles. The van der Waals surface area contributed by atoms with E-state index in [0.29, 0.717) is 12.8 Å². The number of allylic oxidation sites excluding steroid dienone is 11. The third-order valence-electron chi connectivity index (χ3n) is 4.68. The van der Waals surface area contributed by atoms with Gasteiger partial charge in [0.1, 0.15) is 17.3 Å². The zero-order chi connectivity index (χ0) is 26.3. The number of hydrogen-bond donors (Lipinski definition) is 1. The average Bonchev–Trinajstić information content (AvgIpc) is 2.78. The number of aliphatic hydroxyl groups excluding tert-OH is 1. The molecule has 0 aliphatic rings. The van der Waals surface area contributed by atoms with Crippen LogP contribution in [0.4, 0.5) is 13.2 Å². The van der Waals surface area contributed by atoms with Gasteiger partial charge in [0.15, 0.2) is 11.7 Å². The third-order valence-corrected chi connectivity index (χ3v) is 4.68. The average molecular weight is 463 g/mol. The maximum Gasteiger partial charge on any atom is 0.166 e. The fraction of sp³-hybridized carbons (Fsp3) is 0.286. The van der Waals surface area contributed by atoms with E-state index >= 15 is 0 Å². The Labute approximate surface area is 197 Å². The summed E-state index contributed by atoms with van der Waals surface area (Å²) in [5.74, 6) is -3.53. The molecule has 33 heavy (non-hydrogen) atoms. The Kier molecular flexibility index (Phi) is 15.9. The molecular weight excluding hydrogens is 425 g/mol. The number of rotatable bonds is 13. The molecular formula is C28H37F3O2. The quantitative estimate of drug-likeness (QED) is 0.168. The Balaban J connectivity index is 0. The van der Waals surface area contributed by atoms with E-state index in [1.54, 1.807) is 19.9 Å². The summed E-state index contributed by atoms with van der Waals surface area (Å²) in [4.78, 5) is 0. The Morgan fingerprint density at radius 3 is 1.76 bits per heavy atom. The molecule has 0 fully saturated rings. The van der Waals surface area contributed by atoms with Crippen LogP contribution in [0.15, 0.2) is 122 Å². The van der Waals surface area contributed by atoms with Crippen LogP contribution in [0.3, 0.4) is 0 Å². The van der Waals surface area contributed by atoms with Crippen molar-refractivity contribution < 1.29 is 23.0 Å². The van der Waals surface area contributed by atoms with E-state index in [0.717, 1.165) is 6.08 Å². The second-order valence-corrected chi connectivity index (χ2v) is 7.46. The van der Waals surface area contributed by atoms with Gasteiger partial charge in [-0.1, -0.05) is 65.5 Å². The van der Waals surface area contributed by atoms with E-state index in [1.165, 1.54) is 19.3 Å². The predicted octanol–water partition coefficient (Wildman–Crippen LogP) is 9.25. The minimum Gasteiger partial charge on any atom is -0.509 e. The van der Waals surface area contributed by atoms with Crippen molar-refractivity contribution in [2.75, 3.05) is 7.11 Å². The van der Waals surface area contributed by atoms with Crippen LogP contribution >= 0.6 is 0 Å². The van der Waals surface area contributed by atoms with Gasteiger partial charge in [0.2, 0.25) is 0 Å². The zero-order valence-electron chi connectivity index (χ0n) is 20.3. The molecule has 182 valence electrons. The minimum absolute atomic E-state index is 0.0291. The van der Waals surface area contributed by atoms with E-state index in [-0.39, 0.29) is 39.7 Å². The predicted molar refractivity (Wildman–Crippen MR) is 135 cm³/mol. The van der Waals surface area contributed by atoms with Crippen molar-refractivity contribution in [2.45, 2.75) is 33.6 Å². The molecule has 0 aliphatic heterocycles. The van der Waals surface area contributed by atoms with Crippen LogP contribution in [0, 0.1) is 11.8 Å². The molecule has 0 spiro atoms. The van der Waals surface area contributed by atoms with Crippen LogP contribution in [0.5, 0.6) is 0 Å². The molecule has 0 aliphatic carbocycles. The van der Waals surface area contributed by atoms with Crippen LogP contribution in [0.2, 0.25) is 0 Å². The standard InChI is InChI=1S/C25H31F3O2.C3H6/c1-15(20(6)23(26)14-19(5)30-9)10-11-16(2)21(7)24(27)25(28)22(8)17(3)12-13-18(4)29;1-3-2/h12-16,29H,3-8,10-11H2,1-2,9H3;3H,1H2,2H3/b13-12-,23-14+,25-24-;. The minimum atomic E-state index is -1.17. The first-order valence-corrected chi connectivity index (χ1v) is 10.3. The van der Waals surface area contributed by atoms with Crippen LogP contribution in [0.25, 0.3) is 0 Å². The van der Waals surface area contributed by atoms with Crippen molar-refractivity contribution in [1.82, 2.24) is 0 Å². The van der Waals surface area contributed by atoms with Gasteiger partial charge in [-0.05, 0) is 54.4 Å². The molecule has 0 aromatic heterocycles. The first-order chi connectivity index (χ1) is 15.2. The van der Waals surface area contributed by atoms with E-state index in [1.807, 2.05) is 6.92 Å². The fourth-order valence-electron chi connectivity index (χ4n) is 2.30. The normalized spacial score (nSPS) is 13.6. The lowest BCUT2D eigenvalue weighted by molar-refractivity contribution is 0.307. The third kappa shape index (κ3) is 12.4. The maximum absolute atomic E-state index is 14.5. The summed E-state index contributed by atoms with van der Waals surface area (Å²) in [6.07, 6.45) is 6.30. The SMILES string of the molecule is C=C(O)/C=C\C(=C)C(=C)/C(F)=C(/F)C(=C)C(C)CCC(C)C(=C)/C(F)=C\C(=C)OC.C=CC. The van der Waals surface area contributed by atoms with Crippen LogP contribution in [-0.2, 0) is 4.74 Å². The number of methoxy groups -OCH3 is 1. The molecule has 0 saturated heterocycles. The van der Waals surface area contributed by atoms with E-state index in [9.17, 15) is 13.2 Å². The molecule has 0 rings (SSSR count). The molecule has 2 unspecified atom stereocenters. The molecule has 0 aromatic rings. The number of aliphatic hydroxyl groups is 1. The molecule has 5 heteroatoms. The number of ether oxygens (including phenoxy) is 1. The fourth-order valence-corrected chi connectivity index (χ4v) is 2.30. The van der Waals surface area contributed by atoms with E-state index in [4.69, 9.17) is 9.84 Å². The van der Waals surface area contributed by atoms with Crippen LogP contribution < -0.4 is 0 Å². The highest BCUT2D eigenvalue weighted by molar-refractivity contribution is 5.50. The molecule has 0 radical (unpaired) electrons. The first kappa shape index (κ1) is 32.0. The Morgan fingerprint density at radius 2 is 1.33 bits per heavy atom. The maximum atomic E-state index is 14.5.